The Labute approximate surface area is 76.9 Å². The van der Waals surface area contributed by atoms with Gasteiger partial charge in [-0.15, -0.1) is 0 Å². The number of pyridine rings is 1. The molecule has 0 unspecified atom stereocenters. The summed E-state index contributed by atoms with van der Waals surface area (Å²) in [6.07, 6.45) is 0. The van der Waals surface area contributed by atoms with Crippen molar-refractivity contribution in [1.82, 2.24) is 4.98 Å². The Morgan fingerprint density at radius 2 is 2.00 bits per heavy atom. The van der Waals surface area contributed by atoms with E-state index in [9.17, 15) is 0 Å². The second kappa shape index (κ2) is 2.72. The summed E-state index contributed by atoms with van der Waals surface area (Å²) >= 11 is 5.02. The van der Waals surface area contributed by atoms with Crippen molar-refractivity contribution in [2.75, 3.05) is 0 Å². The van der Waals surface area contributed by atoms with Gasteiger partial charge in [0.1, 0.15) is 0 Å². The van der Waals surface area contributed by atoms with E-state index in [1.54, 1.807) is 0 Å². The molecule has 1 heterocycles. The van der Waals surface area contributed by atoms with E-state index < -0.39 is 0 Å². The lowest BCUT2D eigenvalue weighted by Crippen LogP contribution is -1.85. The molecule has 1 nitrogen and oxygen atoms in total. The lowest BCUT2D eigenvalue weighted by Gasteiger charge is -2.08. The maximum absolute atomic E-state index is 5.02. The topological polar surface area (TPSA) is 12.9 Å². The Morgan fingerprint density at radius 1 is 1.25 bits per heavy atom. The van der Waals surface area contributed by atoms with Gasteiger partial charge in [-0.3, -0.25) is 4.98 Å². The van der Waals surface area contributed by atoms with Crippen LogP contribution in [0.5, 0.6) is 0 Å². The summed E-state index contributed by atoms with van der Waals surface area (Å²) in [4.78, 5) is 4.25. The third-order valence-corrected chi connectivity index (χ3v) is 2.11. The van der Waals surface area contributed by atoms with Gasteiger partial charge in [-0.2, -0.15) is 0 Å². The first-order valence-corrected chi connectivity index (χ1v) is 4.21. The highest BCUT2D eigenvalue weighted by molar-refractivity contribution is 7.58. The van der Waals surface area contributed by atoms with Crippen LogP contribution in [-0.4, -0.2) is 4.98 Å². The first kappa shape index (κ1) is 7.50. The van der Waals surface area contributed by atoms with Gasteiger partial charge in [-0.1, -0.05) is 29.3 Å². The van der Waals surface area contributed by atoms with E-state index in [4.69, 9.17) is 12.6 Å². The third kappa shape index (κ3) is 1.14. The van der Waals surface area contributed by atoms with Gasteiger partial charge >= 0.3 is 0 Å². The number of aryl methyl sites for hydroxylation is 1. The van der Waals surface area contributed by atoms with Crippen LogP contribution in [0.4, 0.5) is 0 Å². The number of hydrogen-bond donors (Lipinski definition) is 0. The fourth-order valence-corrected chi connectivity index (χ4v) is 1.59. The molecule has 0 fully saturated rings. The van der Waals surface area contributed by atoms with Crippen molar-refractivity contribution in [1.29, 1.82) is 0 Å². The lowest BCUT2D eigenvalue weighted by atomic mass is 10.1. The number of rotatable bonds is 0. The molecular formula is C10H8NS-. The average molecular weight is 174 g/mol. The molecule has 0 spiro atoms. The summed E-state index contributed by atoms with van der Waals surface area (Å²) < 4.78 is 0. The van der Waals surface area contributed by atoms with Crippen LogP contribution in [0.25, 0.3) is 10.9 Å². The average Bonchev–Trinajstić information content (AvgIpc) is 2.04. The predicted octanol–water partition coefficient (Wildman–Crippen LogP) is 2.45. The zero-order chi connectivity index (χ0) is 8.55. The van der Waals surface area contributed by atoms with Crippen LogP contribution in [0.3, 0.4) is 0 Å². The second-order valence-corrected chi connectivity index (χ2v) is 3.21. The molecule has 0 saturated carbocycles. The zero-order valence-corrected chi connectivity index (χ0v) is 7.56. The minimum absolute atomic E-state index is 0.672. The molecule has 0 bridgehead atoms. The molecule has 0 aliphatic rings. The fraction of sp³-hybridized carbons (Fsp3) is 0.100. The highest BCUT2D eigenvalue weighted by Crippen LogP contribution is 2.16. The van der Waals surface area contributed by atoms with Crippen LogP contribution in [0.15, 0.2) is 35.4 Å². The normalized spacial score (nSPS) is 10.4. The van der Waals surface area contributed by atoms with Crippen LogP contribution in [0.1, 0.15) is 5.56 Å². The van der Waals surface area contributed by atoms with Crippen LogP contribution in [-0.2, 0) is 12.6 Å². The van der Waals surface area contributed by atoms with Gasteiger partial charge in [-0.05, 0) is 18.6 Å². The molecule has 0 aliphatic heterocycles. The summed E-state index contributed by atoms with van der Waals surface area (Å²) in [6.45, 7) is 2.06. The minimum Gasteiger partial charge on any atom is -0.760 e. The zero-order valence-electron chi connectivity index (χ0n) is 6.74. The quantitative estimate of drug-likeness (QED) is 0.569. The van der Waals surface area contributed by atoms with Gasteiger partial charge < -0.3 is 12.6 Å². The Balaban J connectivity index is 2.89. The van der Waals surface area contributed by atoms with Gasteiger partial charge in [0, 0.05) is 5.39 Å². The Morgan fingerprint density at radius 3 is 2.83 bits per heavy atom. The van der Waals surface area contributed by atoms with Crippen molar-refractivity contribution >= 4 is 23.5 Å². The number of hydrogen-bond acceptors (Lipinski definition) is 2. The molecule has 0 aliphatic carbocycles. The minimum atomic E-state index is 0.672. The van der Waals surface area contributed by atoms with E-state index >= 15 is 0 Å². The summed E-state index contributed by atoms with van der Waals surface area (Å²) in [5.74, 6) is 0. The Bertz CT molecular complexity index is 423. The monoisotopic (exact) mass is 174 g/mol. The molecule has 0 radical (unpaired) electrons. The smallest absolute Gasteiger partial charge is 0.0686 e. The van der Waals surface area contributed by atoms with Gasteiger partial charge in [-0.25, -0.2) is 0 Å². The van der Waals surface area contributed by atoms with Crippen LogP contribution in [0, 0.1) is 6.92 Å². The molecule has 2 aromatic rings. The van der Waals surface area contributed by atoms with Crippen molar-refractivity contribution in [3.63, 3.8) is 0 Å². The summed E-state index contributed by atoms with van der Waals surface area (Å²) in [6, 6.07) is 9.96. The van der Waals surface area contributed by atoms with E-state index in [1.165, 1.54) is 10.9 Å². The van der Waals surface area contributed by atoms with Gasteiger partial charge in [0.15, 0.2) is 0 Å². The second-order valence-electron chi connectivity index (χ2n) is 2.79. The van der Waals surface area contributed by atoms with Gasteiger partial charge in [0.25, 0.3) is 0 Å². The summed E-state index contributed by atoms with van der Waals surface area (Å²) in [7, 11) is 0. The van der Waals surface area contributed by atoms with E-state index in [0.717, 1.165) is 5.52 Å². The molecule has 12 heavy (non-hydrogen) atoms. The van der Waals surface area contributed by atoms with Crippen molar-refractivity contribution in [3.8, 4) is 0 Å². The van der Waals surface area contributed by atoms with Crippen molar-refractivity contribution in [2.24, 2.45) is 0 Å². The largest absolute Gasteiger partial charge is 0.760 e. The summed E-state index contributed by atoms with van der Waals surface area (Å²) in [5.41, 5.74) is 2.19. The first-order valence-electron chi connectivity index (χ1n) is 3.81. The maximum atomic E-state index is 5.02. The third-order valence-electron chi connectivity index (χ3n) is 1.90. The predicted molar refractivity (Wildman–Crippen MR) is 52.1 cm³/mol. The Hall–Kier alpha value is -1.15. The van der Waals surface area contributed by atoms with Crippen LogP contribution in [0.2, 0.25) is 0 Å². The highest BCUT2D eigenvalue weighted by Gasteiger charge is 1.94. The number of aromatic nitrogens is 1. The molecule has 0 atom stereocenters. The van der Waals surface area contributed by atoms with E-state index in [0.29, 0.717) is 5.03 Å². The number of fused-ring (bicyclic) bond motifs is 1. The SMILES string of the molecule is Cc1cc([S-])nc2ccccc12. The number of benzene rings is 1. The van der Waals surface area contributed by atoms with Crippen molar-refractivity contribution < 1.29 is 0 Å². The molecule has 1 aromatic carbocycles. The molecule has 0 saturated heterocycles. The molecule has 2 rings (SSSR count). The number of para-hydroxylation sites is 1. The molecule has 0 amide bonds. The van der Waals surface area contributed by atoms with Crippen LogP contribution >= 0.6 is 0 Å². The van der Waals surface area contributed by atoms with Crippen molar-refractivity contribution in [3.05, 3.63) is 35.9 Å². The standard InChI is InChI=1S/C10H9NS/c1-7-6-10(12)11-9-5-3-2-4-8(7)9/h2-6H,1H3,(H,11,12)/p-1. The van der Waals surface area contributed by atoms with E-state index in [2.05, 4.69) is 18.0 Å². The van der Waals surface area contributed by atoms with E-state index in [-0.39, 0.29) is 0 Å². The molecule has 60 valence electrons. The highest BCUT2D eigenvalue weighted by atomic mass is 32.1. The van der Waals surface area contributed by atoms with E-state index in [1.807, 2.05) is 24.3 Å². The molecule has 2 heteroatoms. The first-order chi connectivity index (χ1) is 5.77. The molecule has 1 aromatic heterocycles. The van der Waals surface area contributed by atoms with Gasteiger partial charge in [0.2, 0.25) is 0 Å². The number of nitrogens with zero attached hydrogens (tertiary/aromatic N) is 1. The maximum Gasteiger partial charge on any atom is 0.0686 e. The van der Waals surface area contributed by atoms with Crippen LogP contribution < -0.4 is 0 Å². The summed E-state index contributed by atoms with van der Waals surface area (Å²) in [5, 5.41) is 1.86. The molecular weight excluding hydrogens is 166 g/mol. The van der Waals surface area contributed by atoms with Gasteiger partial charge in [0.05, 0.1) is 5.52 Å². The fourth-order valence-electron chi connectivity index (χ4n) is 1.32. The Kier molecular flexibility index (Phi) is 1.70. The molecule has 0 N–H and O–H groups in total. The van der Waals surface area contributed by atoms with Crippen molar-refractivity contribution in [2.45, 2.75) is 11.9 Å². The lowest BCUT2D eigenvalue weighted by molar-refractivity contribution is 1.18.